The highest BCUT2D eigenvalue weighted by molar-refractivity contribution is 5.78. The standard InChI is InChI=1S/C15H18N2O2/c1-15(19,12-6-3-2-4-7-12)11-17-14(18)10-13-8-5-9-16-13/h2-9,16,19H,10-11H2,1H3,(H,17,18). The van der Waals surface area contributed by atoms with Gasteiger partial charge in [-0.1, -0.05) is 30.3 Å². The van der Waals surface area contributed by atoms with Gasteiger partial charge in [-0.2, -0.15) is 0 Å². The summed E-state index contributed by atoms with van der Waals surface area (Å²) in [6, 6.07) is 13.0. The molecule has 19 heavy (non-hydrogen) atoms. The third-order valence-electron chi connectivity index (χ3n) is 3.04. The van der Waals surface area contributed by atoms with E-state index in [2.05, 4.69) is 10.3 Å². The molecule has 1 amide bonds. The lowest BCUT2D eigenvalue weighted by Crippen LogP contribution is -2.39. The number of benzene rings is 1. The van der Waals surface area contributed by atoms with Crippen molar-refractivity contribution in [2.75, 3.05) is 6.54 Å². The van der Waals surface area contributed by atoms with E-state index >= 15 is 0 Å². The van der Waals surface area contributed by atoms with Crippen molar-refractivity contribution in [3.63, 3.8) is 0 Å². The molecule has 2 aromatic rings. The summed E-state index contributed by atoms with van der Waals surface area (Å²) >= 11 is 0. The van der Waals surface area contributed by atoms with Crippen LogP contribution in [0, 0.1) is 0 Å². The number of aromatic amines is 1. The minimum absolute atomic E-state index is 0.112. The lowest BCUT2D eigenvalue weighted by molar-refractivity contribution is -0.121. The molecule has 4 nitrogen and oxygen atoms in total. The molecule has 1 aromatic heterocycles. The molecular weight excluding hydrogens is 240 g/mol. The first-order chi connectivity index (χ1) is 9.08. The zero-order valence-electron chi connectivity index (χ0n) is 10.9. The number of carbonyl (C=O) groups is 1. The summed E-state index contributed by atoms with van der Waals surface area (Å²) in [4.78, 5) is 14.7. The van der Waals surface area contributed by atoms with Crippen LogP contribution in [0.2, 0.25) is 0 Å². The summed E-state index contributed by atoms with van der Waals surface area (Å²) < 4.78 is 0. The Morgan fingerprint density at radius 3 is 2.63 bits per heavy atom. The van der Waals surface area contributed by atoms with Crippen molar-refractivity contribution in [2.45, 2.75) is 18.9 Å². The van der Waals surface area contributed by atoms with E-state index in [1.807, 2.05) is 42.5 Å². The molecule has 1 unspecified atom stereocenters. The van der Waals surface area contributed by atoms with Crippen LogP contribution < -0.4 is 5.32 Å². The van der Waals surface area contributed by atoms with Crippen molar-refractivity contribution in [1.29, 1.82) is 0 Å². The second kappa shape index (κ2) is 5.71. The first-order valence-electron chi connectivity index (χ1n) is 6.25. The second-order valence-electron chi connectivity index (χ2n) is 4.79. The highest BCUT2D eigenvalue weighted by Crippen LogP contribution is 2.18. The molecule has 0 aliphatic heterocycles. The second-order valence-corrected chi connectivity index (χ2v) is 4.79. The number of H-pyrrole nitrogens is 1. The number of carbonyl (C=O) groups excluding carboxylic acids is 1. The average molecular weight is 258 g/mol. The molecule has 0 radical (unpaired) electrons. The third kappa shape index (κ3) is 3.69. The van der Waals surface area contributed by atoms with Gasteiger partial charge >= 0.3 is 0 Å². The zero-order chi connectivity index (χ0) is 13.7. The fourth-order valence-electron chi connectivity index (χ4n) is 1.88. The largest absolute Gasteiger partial charge is 0.384 e. The van der Waals surface area contributed by atoms with Gasteiger partial charge in [0, 0.05) is 11.9 Å². The summed E-state index contributed by atoms with van der Waals surface area (Å²) in [6.07, 6.45) is 2.07. The van der Waals surface area contributed by atoms with E-state index in [1.165, 1.54) is 0 Å². The number of rotatable bonds is 5. The van der Waals surface area contributed by atoms with Crippen LogP contribution >= 0.6 is 0 Å². The van der Waals surface area contributed by atoms with Gasteiger partial charge in [-0.3, -0.25) is 4.79 Å². The van der Waals surface area contributed by atoms with Crippen molar-refractivity contribution in [1.82, 2.24) is 10.3 Å². The molecule has 0 aliphatic carbocycles. The Balaban J connectivity index is 1.89. The highest BCUT2D eigenvalue weighted by Gasteiger charge is 2.23. The minimum atomic E-state index is -1.06. The molecule has 2 rings (SSSR count). The topological polar surface area (TPSA) is 65.1 Å². The number of amides is 1. The Labute approximate surface area is 112 Å². The summed E-state index contributed by atoms with van der Waals surface area (Å²) in [5.74, 6) is -0.112. The van der Waals surface area contributed by atoms with Crippen LogP contribution in [0.3, 0.4) is 0 Å². The van der Waals surface area contributed by atoms with E-state index in [0.717, 1.165) is 11.3 Å². The maximum Gasteiger partial charge on any atom is 0.226 e. The maximum absolute atomic E-state index is 11.7. The lowest BCUT2D eigenvalue weighted by atomic mass is 9.96. The van der Waals surface area contributed by atoms with E-state index in [9.17, 15) is 9.90 Å². The number of aliphatic hydroxyl groups is 1. The fraction of sp³-hybridized carbons (Fsp3) is 0.267. The minimum Gasteiger partial charge on any atom is -0.384 e. The van der Waals surface area contributed by atoms with Crippen LogP contribution in [0.15, 0.2) is 48.7 Å². The molecule has 0 spiro atoms. The Kier molecular flexibility index (Phi) is 4.02. The van der Waals surface area contributed by atoms with Crippen molar-refractivity contribution in [3.8, 4) is 0 Å². The van der Waals surface area contributed by atoms with Gasteiger partial charge in [0.1, 0.15) is 5.60 Å². The molecule has 0 saturated heterocycles. The molecule has 1 aromatic carbocycles. The Morgan fingerprint density at radius 1 is 1.26 bits per heavy atom. The maximum atomic E-state index is 11.7. The SMILES string of the molecule is CC(O)(CNC(=O)Cc1ccc[nH]1)c1ccccc1. The predicted octanol–water partition coefficient (Wildman–Crippen LogP) is 1.58. The fourth-order valence-corrected chi connectivity index (χ4v) is 1.88. The van der Waals surface area contributed by atoms with E-state index in [1.54, 1.807) is 13.1 Å². The molecule has 0 bridgehead atoms. The van der Waals surface area contributed by atoms with Crippen molar-refractivity contribution < 1.29 is 9.90 Å². The summed E-state index contributed by atoms with van der Waals surface area (Å²) in [7, 11) is 0. The van der Waals surface area contributed by atoms with E-state index in [-0.39, 0.29) is 18.9 Å². The third-order valence-corrected chi connectivity index (χ3v) is 3.04. The van der Waals surface area contributed by atoms with Crippen molar-refractivity contribution in [2.24, 2.45) is 0 Å². The summed E-state index contributed by atoms with van der Waals surface area (Å²) in [5, 5.41) is 13.1. The molecule has 3 N–H and O–H groups in total. The molecule has 1 heterocycles. The van der Waals surface area contributed by atoms with Gasteiger partial charge in [-0.15, -0.1) is 0 Å². The summed E-state index contributed by atoms with van der Waals surface area (Å²) in [6.45, 7) is 1.88. The predicted molar refractivity (Wildman–Crippen MR) is 73.5 cm³/mol. The highest BCUT2D eigenvalue weighted by atomic mass is 16.3. The molecule has 0 aliphatic rings. The van der Waals surface area contributed by atoms with Crippen LogP contribution in [-0.4, -0.2) is 22.5 Å². The van der Waals surface area contributed by atoms with Crippen molar-refractivity contribution in [3.05, 3.63) is 59.9 Å². The molecule has 100 valence electrons. The van der Waals surface area contributed by atoms with Crippen LogP contribution in [0.25, 0.3) is 0 Å². The smallest absolute Gasteiger partial charge is 0.226 e. The number of nitrogens with one attached hydrogen (secondary N) is 2. The number of hydrogen-bond acceptors (Lipinski definition) is 2. The van der Waals surface area contributed by atoms with Crippen LogP contribution in [0.4, 0.5) is 0 Å². The van der Waals surface area contributed by atoms with Gasteiger partial charge in [-0.05, 0) is 24.6 Å². The van der Waals surface area contributed by atoms with Gasteiger partial charge in [0.2, 0.25) is 5.91 Å². The summed E-state index contributed by atoms with van der Waals surface area (Å²) in [5.41, 5.74) is 0.583. The van der Waals surface area contributed by atoms with Crippen molar-refractivity contribution >= 4 is 5.91 Å². The average Bonchev–Trinajstić information content (AvgIpc) is 2.90. The van der Waals surface area contributed by atoms with Gasteiger partial charge in [0.05, 0.1) is 13.0 Å². The molecule has 4 heteroatoms. The molecule has 0 fully saturated rings. The van der Waals surface area contributed by atoms with Gasteiger partial charge in [-0.25, -0.2) is 0 Å². The Bertz CT molecular complexity index is 518. The monoisotopic (exact) mass is 258 g/mol. The van der Waals surface area contributed by atoms with Gasteiger partial charge in [0.25, 0.3) is 0 Å². The van der Waals surface area contributed by atoms with E-state index < -0.39 is 5.60 Å². The van der Waals surface area contributed by atoms with E-state index in [0.29, 0.717) is 0 Å². The molecule has 1 atom stereocenters. The Morgan fingerprint density at radius 2 is 2.00 bits per heavy atom. The van der Waals surface area contributed by atoms with Gasteiger partial charge < -0.3 is 15.4 Å². The number of hydrogen-bond donors (Lipinski definition) is 3. The molecule has 0 saturated carbocycles. The zero-order valence-corrected chi connectivity index (χ0v) is 10.9. The molecular formula is C15H18N2O2. The Hall–Kier alpha value is -2.07. The number of aromatic nitrogens is 1. The first kappa shape index (κ1) is 13.4. The van der Waals surface area contributed by atoms with Gasteiger partial charge in [0.15, 0.2) is 0 Å². The van der Waals surface area contributed by atoms with Crippen LogP contribution in [0.5, 0.6) is 0 Å². The van der Waals surface area contributed by atoms with Crippen LogP contribution in [-0.2, 0) is 16.8 Å². The normalized spacial score (nSPS) is 13.8. The van der Waals surface area contributed by atoms with E-state index in [4.69, 9.17) is 0 Å². The van der Waals surface area contributed by atoms with Crippen LogP contribution in [0.1, 0.15) is 18.2 Å². The lowest BCUT2D eigenvalue weighted by Gasteiger charge is -2.24. The quantitative estimate of drug-likeness (QED) is 0.762. The first-order valence-corrected chi connectivity index (χ1v) is 6.25.